The molecule has 1 aromatic heterocycles. The molecular weight excluding hydrogens is 282 g/mol. The first-order valence-corrected chi connectivity index (χ1v) is 8.03. The maximum absolute atomic E-state index is 13.3. The van der Waals surface area contributed by atoms with Crippen molar-refractivity contribution in [2.75, 3.05) is 0 Å². The van der Waals surface area contributed by atoms with Crippen molar-refractivity contribution in [3.63, 3.8) is 0 Å². The molecule has 1 aliphatic rings. The monoisotopic (exact) mass is 301 g/mol. The van der Waals surface area contributed by atoms with E-state index in [1.54, 1.807) is 0 Å². The summed E-state index contributed by atoms with van der Waals surface area (Å²) in [4.78, 5) is 13.3. The Labute approximate surface area is 136 Å². The second-order valence-electron chi connectivity index (χ2n) is 6.25. The van der Waals surface area contributed by atoms with Crippen molar-refractivity contribution in [3.05, 3.63) is 83.6 Å². The van der Waals surface area contributed by atoms with E-state index in [-0.39, 0.29) is 11.7 Å². The summed E-state index contributed by atoms with van der Waals surface area (Å²) in [5, 5.41) is 1.06. The van der Waals surface area contributed by atoms with Gasteiger partial charge in [-0.05, 0) is 24.5 Å². The van der Waals surface area contributed by atoms with Crippen molar-refractivity contribution in [2.45, 2.75) is 18.8 Å². The Morgan fingerprint density at radius 1 is 1.17 bits per heavy atom. The van der Waals surface area contributed by atoms with Crippen LogP contribution in [0, 0.1) is 0 Å². The van der Waals surface area contributed by atoms with Crippen molar-refractivity contribution >= 4 is 16.7 Å². The fourth-order valence-electron chi connectivity index (χ4n) is 3.94. The third kappa shape index (κ3) is 1.98. The zero-order chi connectivity index (χ0) is 16.0. The van der Waals surface area contributed by atoms with Gasteiger partial charge in [0.1, 0.15) is 0 Å². The molecule has 1 aliphatic carbocycles. The number of rotatable bonds is 2. The fraction of sp³-hybridized carbons (Fsp3) is 0.190. The molecule has 0 spiro atoms. The molecule has 3 aromatic rings. The summed E-state index contributed by atoms with van der Waals surface area (Å²) in [6.07, 6.45) is 3.72. The first-order valence-electron chi connectivity index (χ1n) is 8.03. The standard InChI is InChI=1S/C21H19NO/c1-3-8-15-13-14-9-4-5-10-16(14)21(23)19-17-11-6-7-12-18(17)22(2)20(15)19/h3-7,9-12,15H,1,8,13H2,2H3. The number of hydrogen-bond donors (Lipinski definition) is 0. The molecule has 1 unspecified atom stereocenters. The number of aryl methyl sites for hydroxylation is 1. The number of carbonyl (C=O) groups is 1. The quantitative estimate of drug-likeness (QED) is 0.633. The molecule has 0 radical (unpaired) electrons. The van der Waals surface area contributed by atoms with Crippen LogP contribution in [0.3, 0.4) is 0 Å². The van der Waals surface area contributed by atoms with Crippen molar-refractivity contribution < 1.29 is 4.79 Å². The first kappa shape index (κ1) is 14.0. The van der Waals surface area contributed by atoms with Crippen LogP contribution in [-0.2, 0) is 13.5 Å². The minimum atomic E-state index is 0.152. The number of ketones is 1. The number of benzene rings is 2. The van der Waals surface area contributed by atoms with Gasteiger partial charge in [0.25, 0.3) is 0 Å². The summed E-state index contributed by atoms with van der Waals surface area (Å²) in [6.45, 7) is 3.92. The van der Waals surface area contributed by atoms with E-state index < -0.39 is 0 Å². The van der Waals surface area contributed by atoms with Crippen LogP contribution >= 0.6 is 0 Å². The molecule has 2 heteroatoms. The summed E-state index contributed by atoms with van der Waals surface area (Å²) >= 11 is 0. The van der Waals surface area contributed by atoms with E-state index in [9.17, 15) is 4.79 Å². The molecule has 0 saturated carbocycles. The van der Waals surface area contributed by atoms with E-state index in [0.29, 0.717) is 0 Å². The summed E-state index contributed by atoms with van der Waals surface area (Å²) < 4.78 is 2.20. The zero-order valence-electron chi connectivity index (χ0n) is 13.3. The first-order chi connectivity index (χ1) is 11.2. The van der Waals surface area contributed by atoms with Gasteiger partial charge in [0, 0.05) is 35.1 Å². The van der Waals surface area contributed by atoms with Crippen LogP contribution in [0.1, 0.15) is 39.5 Å². The summed E-state index contributed by atoms with van der Waals surface area (Å²) in [7, 11) is 2.07. The number of carbonyl (C=O) groups excluding carboxylic acids is 1. The maximum atomic E-state index is 13.3. The molecule has 0 saturated heterocycles. The van der Waals surface area contributed by atoms with Crippen LogP contribution in [0.25, 0.3) is 10.9 Å². The van der Waals surface area contributed by atoms with E-state index in [1.165, 1.54) is 0 Å². The average Bonchev–Trinajstić information content (AvgIpc) is 2.80. The molecule has 0 aliphatic heterocycles. The van der Waals surface area contributed by atoms with E-state index >= 15 is 0 Å². The number of nitrogens with zero attached hydrogens (tertiary/aromatic N) is 1. The molecule has 0 fully saturated rings. The minimum absolute atomic E-state index is 0.152. The van der Waals surface area contributed by atoms with E-state index in [1.807, 2.05) is 36.4 Å². The third-order valence-electron chi connectivity index (χ3n) is 4.95. The van der Waals surface area contributed by atoms with Crippen LogP contribution in [0.15, 0.2) is 61.2 Å². The summed E-state index contributed by atoms with van der Waals surface area (Å²) in [6, 6.07) is 16.2. The number of hydrogen-bond acceptors (Lipinski definition) is 1. The van der Waals surface area contributed by atoms with Gasteiger partial charge in [-0.25, -0.2) is 0 Å². The predicted octanol–water partition coefficient (Wildman–Crippen LogP) is 4.63. The Hall–Kier alpha value is -2.61. The Kier molecular flexibility index (Phi) is 3.19. The van der Waals surface area contributed by atoms with Gasteiger partial charge in [-0.2, -0.15) is 0 Å². The van der Waals surface area contributed by atoms with Crippen LogP contribution in [-0.4, -0.2) is 10.4 Å². The van der Waals surface area contributed by atoms with Crippen molar-refractivity contribution in [2.24, 2.45) is 7.05 Å². The van der Waals surface area contributed by atoms with Crippen LogP contribution in [0.2, 0.25) is 0 Å². The van der Waals surface area contributed by atoms with Gasteiger partial charge in [0.2, 0.25) is 0 Å². The Balaban J connectivity index is 2.09. The van der Waals surface area contributed by atoms with E-state index in [2.05, 4.69) is 36.4 Å². The molecule has 2 nitrogen and oxygen atoms in total. The molecule has 114 valence electrons. The van der Waals surface area contributed by atoms with Gasteiger partial charge in [-0.1, -0.05) is 48.5 Å². The lowest BCUT2D eigenvalue weighted by Crippen LogP contribution is -2.08. The highest BCUT2D eigenvalue weighted by molar-refractivity contribution is 6.18. The smallest absolute Gasteiger partial charge is 0.195 e. The topological polar surface area (TPSA) is 22.0 Å². The molecule has 0 amide bonds. The highest BCUT2D eigenvalue weighted by atomic mass is 16.1. The lowest BCUT2D eigenvalue weighted by atomic mass is 9.93. The zero-order valence-corrected chi connectivity index (χ0v) is 13.3. The van der Waals surface area contributed by atoms with Gasteiger partial charge < -0.3 is 4.57 Å². The van der Waals surface area contributed by atoms with Gasteiger partial charge in [-0.15, -0.1) is 6.58 Å². The lowest BCUT2D eigenvalue weighted by molar-refractivity contribution is 0.103. The van der Waals surface area contributed by atoms with Crippen LogP contribution in [0.4, 0.5) is 0 Å². The highest BCUT2D eigenvalue weighted by Gasteiger charge is 2.31. The second-order valence-corrected chi connectivity index (χ2v) is 6.25. The minimum Gasteiger partial charge on any atom is -0.347 e. The maximum Gasteiger partial charge on any atom is 0.195 e. The van der Waals surface area contributed by atoms with Crippen LogP contribution in [0.5, 0.6) is 0 Å². The van der Waals surface area contributed by atoms with Crippen molar-refractivity contribution in [1.82, 2.24) is 4.57 Å². The van der Waals surface area contributed by atoms with Crippen molar-refractivity contribution in [3.8, 4) is 0 Å². The number of allylic oxidation sites excluding steroid dienone is 1. The molecule has 4 rings (SSSR count). The van der Waals surface area contributed by atoms with Gasteiger partial charge in [0.15, 0.2) is 5.78 Å². The molecular formula is C21H19NO. The second kappa shape index (κ2) is 5.24. The highest BCUT2D eigenvalue weighted by Crippen LogP contribution is 2.39. The fourth-order valence-corrected chi connectivity index (χ4v) is 3.94. The third-order valence-corrected chi connectivity index (χ3v) is 4.95. The van der Waals surface area contributed by atoms with E-state index in [4.69, 9.17) is 0 Å². The van der Waals surface area contributed by atoms with Crippen molar-refractivity contribution in [1.29, 1.82) is 0 Å². The van der Waals surface area contributed by atoms with Gasteiger partial charge in [0.05, 0.1) is 5.56 Å². The summed E-state index contributed by atoms with van der Waals surface area (Å²) in [5.41, 5.74) is 5.13. The SMILES string of the molecule is C=CCC1Cc2ccccc2C(=O)c2c1n(C)c1ccccc21. The summed E-state index contributed by atoms with van der Waals surface area (Å²) in [5.74, 6) is 0.437. The number of aromatic nitrogens is 1. The molecule has 1 atom stereocenters. The number of para-hydroxylation sites is 1. The predicted molar refractivity (Wildman–Crippen MR) is 94.1 cm³/mol. The van der Waals surface area contributed by atoms with E-state index in [0.717, 1.165) is 46.1 Å². The Morgan fingerprint density at radius 2 is 1.91 bits per heavy atom. The largest absolute Gasteiger partial charge is 0.347 e. The van der Waals surface area contributed by atoms with Crippen LogP contribution < -0.4 is 0 Å². The average molecular weight is 301 g/mol. The molecule has 1 heterocycles. The van der Waals surface area contributed by atoms with Gasteiger partial charge in [-0.3, -0.25) is 4.79 Å². The van der Waals surface area contributed by atoms with Gasteiger partial charge >= 0.3 is 0 Å². The Morgan fingerprint density at radius 3 is 2.74 bits per heavy atom. The number of fused-ring (bicyclic) bond motifs is 4. The Bertz CT molecular complexity index is 932. The lowest BCUT2D eigenvalue weighted by Gasteiger charge is -2.16. The molecule has 2 aromatic carbocycles. The molecule has 0 bridgehead atoms. The molecule has 23 heavy (non-hydrogen) atoms. The normalized spacial score (nSPS) is 16.7. The molecule has 0 N–H and O–H groups in total.